The largest absolute Gasteiger partial charge is 0.392 e. The second kappa shape index (κ2) is 2.90. The average Bonchev–Trinajstić information content (AvgIpc) is 1.88. The number of rotatable bonds is 1. The summed E-state index contributed by atoms with van der Waals surface area (Å²) in [4.78, 5) is 0.904. The second-order valence-electron chi connectivity index (χ2n) is 1.95. The number of aliphatic hydroxyl groups is 1. The Hall–Kier alpha value is -0.470. The molecule has 9 heavy (non-hydrogen) atoms. The van der Waals surface area contributed by atoms with Crippen molar-refractivity contribution >= 4 is 17.1 Å². The summed E-state index contributed by atoms with van der Waals surface area (Å²) in [5.41, 5.74) is 0.909. The minimum Gasteiger partial charge on any atom is -0.392 e. The molecular weight excluding hydrogens is 132 g/mol. The molecule has 0 unspecified atom stereocenters. The fraction of sp³-hybridized carbons (Fsp3) is 0.286. The summed E-state index contributed by atoms with van der Waals surface area (Å²) in [5.74, 6) is 0. The molecule has 0 aromatic carbocycles. The predicted molar refractivity (Wildman–Crippen MR) is 41.5 cm³/mol. The highest BCUT2D eigenvalue weighted by atomic mass is 32.1. The van der Waals surface area contributed by atoms with Crippen LogP contribution in [0.2, 0.25) is 0 Å². The highest BCUT2D eigenvalue weighted by molar-refractivity contribution is 7.80. The smallest absolute Gasteiger partial charge is 0.0682 e. The van der Waals surface area contributed by atoms with Crippen molar-refractivity contribution in [3.05, 3.63) is 23.8 Å². The van der Waals surface area contributed by atoms with Crippen molar-refractivity contribution in [2.24, 2.45) is 0 Å². The summed E-state index contributed by atoms with van der Waals surface area (Å²) in [6.45, 7) is 0.0939. The number of thiocarbonyl (C=S) groups is 1. The molecule has 2 heteroatoms. The Balaban J connectivity index is 2.70. The van der Waals surface area contributed by atoms with Crippen LogP contribution in [0.3, 0.4) is 0 Å². The van der Waals surface area contributed by atoms with E-state index in [0.29, 0.717) is 0 Å². The van der Waals surface area contributed by atoms with E-state index in [1.165, 1.54) is 0 Å². The standard InChI is InChI=1S/C7H8OS/c8-5-6-2-1-3-7(9)4-6/h1-2,4,8H,3,5H2. The minimum atomic E-state index is 0.0939. The van der Waals surface area contributed by atoms with E-state index in [4.69, 9.17) is 17.3 Å². The first-order chi connectivity index (χ1) is 4.33. The first-order valence-electron chi connectivity index (χ1n) is 2.84. The van der Waals surface area contributed by atoms with Gasteiger partial charge >= 0.3 is 0 Å². The van der Waals surface area contributed by atoms with Gasteiger partial charge in [0.2, 0.25) is 0 Å². The maximum atomic E-state index is 8.63. The molecule has 0 atom stereocenters. The van der Waals surface area contributed by atoms with Crippen LogP contribution < -0.4 is 0 Å². The molecule has 1 rings (SSSR count). The minimum absolute atomic E-state index is 0.0939. The van der Waals surface area contributed by atoms with Crippen LogP contribution in [-0.4, -0.2) is 16.6 Å². The van der Waals surface area contributed by atoms with Gasteiger partial charge in [0.25, 0.3) is 0 Å². The van der Waals surface area contributed by atoms with Crippen LogP contribution in [0.4, 0.5) is 0 Å². The summed E-state index contributed by atoms with van der Waals surface area (Å²) in [6, 6.07) is 0. The van der Waals surface area contributed by atoms with Crippen LogP contribution in [0, 0.1) is 0 Å². The van der Waals surface area contributed by atoms with Gasteiger partial charge in [-0.3, -0.25) is 0 Å². The molecule has 0 aromatic heterocycles. The first-order valence-corrected chi connectivity index (χ1v) is 3.24. The van der Waals surface area contributed by atoms with E-state index in [1.54, 1.807) is 0 Å². The van der Waals surface area contributed by atoms with E-state index in [1.807, 2.05) is 18.2 Å². The molecule has 0 bridgehead atoms. The molecule has 1 aliphatic carbocycles. The number of aliphatic hydroxyl groups excluding tert-OH is 1. The monoisotopic (exact) mass is 140 g/mol. The molecule has 0 amide bonds. The Bertz CT molecular complexity index is 179. The van der Waals surface area contributed by atoms with Gasteiger partial charge in [0, 0.05) is 11.3 Å². The zero-order valence-corrected chi connectivity index (χ0v) is 5.82. The zero-order chi connectivity index (χ0) is 6.69. The van der Waals surface area contributed by atoms with Gasteiger partial charge in [0.15, 0.2) is 0 Å². The molecule has 48 valence electrons. The van der Waals surface area contributed by atoms with Crippen molar-refractivity contribution in [2.45, 2.75) is 6.42 Å². The molecule has 0 saturated heterocycles. The molecule has 0 saturated carbocycles. The van der Waals surface area contributed by atoms with E-state index < -0.39 is 0 Å². The fourth-order valence-electron chi connectivity index (χ4n) is 0.739. The molecule has 0 radical (unpaired) electrons. The lowest BCUT2D eigenvalue weighted by molar-refractivity contribution is 0.335. The van der Waals surface area contributed by atoms with Crippen LogP contribution in [-0.2, 0) is 0 Å². The van der Waals surface area contributed by atoms with E-state index >= 15 is 0 Å². The third-order valence-corrected chi connectivity index (χ3v) is 1.46. The SMILES string of the molecule is OCC1=CC(=S)CC=C1. The van der Waals surface area contributed by atoms with Crippen molar-refractivity contribution in [3.8, 4) is 0 Å². The van der Waals surface area contributed by atoms with E-state index in [0.717, 1.165) is 16.9 Å². The van der Waals surface area contributed by atoms with E-state index in [2.05, 4.69) is 0 Å². The Kier molecular flexibility index (Phi) is 2.14. The lowest BCUT2D eigenvalue weighted by atomic mass is 10.1. The lowest BCUT2D eigenvalue weighted by Crippen LogP contribution is -1.97. The van der Waals surface area contributed by atoms with E-state index in [-0.39, 0.29) is 6.61 Å². The topological polar surface area (TPSA) is 20.2 Å². The molecule has 1 nitrogen and oxygen atoms in total. The Morgan fingerprint density at radius 1 is 1.67 bits per heavy atom. The predicted octanol–water partition coefficient (Wildman–Crippen LogP) is 1.23. The molecule has 1 aliphatic rings. The maximum Gasteiger partial charge on any atom is 0.0682 e. The zero-order valence-electron chi connectivity index (χ0n) is 5.00. The maximum absolute atomic E-state index is 8.63. The van der Waals surface area contributed by atoms with Crippen LogP contribution in [0.1, 0.15) is 6.42 Å². The summed E-state index contributed by atoms with van der Waals surface area (Å²) < 4.78 is 0. The molecule has 1 N–H and O–H groups in total. The summed E-state index contributed by atoms with van der Waals surface area (Å²) in [7, 11) is 0. The number of hydrogen-bond acceptors (Lipinski definition) is 2. The average molecular weight is 140 g/mol. The molecule has 0 heterocycles. The van der Waals surface area contributed by atoms with Crippen LogP contribution in [0.5, 0.6) is 0 Å². The third kappa shape index (κ3) is 1.73. The molecule has 0 aliphatic heterocycles. The van der Waals surface area contributed by atoms with Gasteiger partial charge in [-0.25, -0.2) is 0 Å². The third-order valence-electron chi connectivity index (χ3n) is 1.18. The van der Waals surface area contributed by atoms with Crippen LogP contribution in [0.15, 0.2) is 23.8 Å². The van der Waals surface area contributed by atoms with Gasteiger partial charge < -0.3 is 5.11 Å². The lowest BCUT2D eigenvalue weighted by Gasteiger charge is -2.02. The van der Waals surface area contributed by atoms with Gasteiger partial charge in [-0.05, 0) is 11.6 Å². The van der Waals surface area contributed by atoms with Crippen molar-refractivity contribution < 1.29 is 5.11 Å². The Morgan fingerprint density at radius 3 is 2.89 bits per heavy atom. The van der Waals surface area contributed by atoms with E-state index in [9.17, 15) is 0 Å². The highest BCUT2D eigenvalue weighted by Crippen LogP contribution is 2.06. The van der Waals surface area contributed by atoms with Crippen LogP contribution >= 0.6 is 12.2 Å². The van der Waals surface area contributed by atoms with Crippen molar-refractivity contribution in [2.75, 3.05) is 6.61 Å². The molecule has 0 fully saturated rings. The number of allylic oxidation sites excluding steroid dienone is 2. The highest BCUT2D eigenvalue weighted by Gasteiger charge is 1.97. The van der Waals surface area contributed by atoms with Crippen molar-refractivity contribution in [1.29, 1.82) is 0 Å². The van der Waals surface area contributed by atoms with Gasteiger partial charge in [-0.15, -0.1) is 0 Å². The summed E-state index contributed by atoms with van der Waals surface area (Å²) >= 11 is 4.91. The van der Waals surface area contributed by atoms with Crippen molar-refractivity contribution in [1.82, 2.24) is 0 Å². The van der Waals surface area contributed by atoms with Gasteiger partial charge in [0.1, 0.15) is 0 Å². The Morgan fingerprint density at radius 2 is 2.44 bits per heavy atom. The molecule has 0 spiro atoms. The van der Waals surface area contributed by atoms with Gasteiger partial charge in [-0.1, -0.05) is 24.4 Å². The summed E-state index contributed by atoms with van der Waals surface area (Å²) in [6.07, 6.45) is 6.55. The summed E-state index contributed by atoms with van der Waals surface area (Å²) in [5, 5.41) is 8.63. The fourth-order valence-corrected chi connectivity index (χ4v) is 0.986. The van der Waals surface area contributed by atoms with Gasteiger partial charge in [-0.2, -0.15) is 0 Å². The first kappa shape index (κ1) is 6.65. The van der Waals surface area contributed by atoms with Gasteiger partial charge in [0.05, 0.1) is 6.61 Å². The molecular formula is C7H8OS. The van der Waals surface area contributed by atoms with Crippen LogP contribution in [0.25, 0.3) is 0 Å². The van der Waals surface area contributed by atoms with Crippen molar-refractivity contribution in [3.63, 3.8) is 0 Å². The number of hydrogen-bond donors (Lipinski definition) is 1. The Labute approximate surface area is 59.7 Å². The quantitative estimate of drug-likeness (QED) is 0.553. The normalized spacial score (nSPS) is 17.9. The molecule has 0 aromatic rings. The second-order valence-corrected chi connectivity index (χ2v) is 2.47.